The van der Waals surface area contributed by atoms with Gasteiger partial charge in [0.1, 0.15) is 12.4 Å². The first kappa shape index (κ1) is 14.8. The Hall–Kier alpha value is -1.58. The highest BCUT2D eigenvalue weighted by atomic mass is 32.1. The zero-order chi connectivity index (χ0) is 14.2. The highest BCUT2D eigenvalue weighted by Gasteiger charge is 2.05. The molecule has 1 aromatic carbocycles. The largest absolute Gasteiger partial charge is 0.492 e. The Kier molecular flexibility index (Phi) is 5.84. The lowest BCUT2D eigenvalue weighted by molar-refractivity contribution is 0.305. The molecule has 0 fully saturated rings. The Bertz CT molecular complexity index is 522. The Morgan fingerprint density at radius 2 is 2.15 bits per heavy atom. The minimum Gasteiger partial charge on any atom is -0.492 e. The molecule has 1 aromatic heterocycles. The van der Waals surface area contributed by atoms with Gasteiger partial charge >= 0.3 is 0 Å². The van der Waals surface area contributed by atoms with E-state index in [9.17, 15) is 0 Å². The molecular formula is C17H21NOS. The van der Waals surface area contributed by atoms with Gasteiger partial charge in [-0.15, -0.1) is 17.9 Å². The highest BCUT2D eigenvalue weighted by Crippen LogP contribution is 2.19. The van der Waals surface area contributed by atoms with Gasteiger partial charge in [-0.1, -0.05) is 30.3 Å². The fourth-order valence-corrected chi connectivity index (χ4v) is 2.80. The molecule has 2 nitrogen and oxygen atoms in total. The number of hydrogen-bond donors (Lipinski definition) is 1. The van der Waals surface area contributed by atoms with Crippen molar-refractivity contribution >= 4 is 11.3 Å². The number of hydrogen-bond acceptors (Lipinski definition) is 3. The molecule has 1 unspecified atom stereocenters. The molecule has 0 amide bonds. The second-order valence-electron chi connectivity index (χ2n) is 4.64. The molecule has 2 aromatic rings. The lowest BCUT2D eigenvalue weighted by Crippen LogP contribution is -2.23. The molecule has 0 aliphatic heterocycles. The number of benzene rings is 1. The second-order valence-corrected chi connectivity index (χ2v) is 5.62. The molecule has 1 atom stereocenters. The van der Waals surface area contributed by atoms with Gasteiger partial charge in [-0.05, 0) is 36.4 Å². The molecule has 0 radical (unpaired) electrons. The van der Waals surface area contributed by atoms with E-state index in [1.54, 1.807) is 11.3 Å². The molecule has 0 spiro atoms. The van der Waals surface area contributed by atoms with E-state index in [0.29, 0.717) is 12.6 Å². The SMILES string of the molecule is C=CCc1ccccc1OCCNC(C)c1cccs1. The van der Waals surface area contributed by atoms with E-state index in [4.69, 9.17) is 4.74 Å². The molecule has 0 aliphatic rings. The van der Waals surface area contributed by atoms with Crippen molar-refractivity contribution in [2.45, 2.75) is 19.4 Å². The third-order valence-corrected chi connectivity index (χ3v) is 4.17. The predicted octanol–water partition coefficient (Wildman–Crippen LogP) is 4.21. The first-order valence-corrected chi connectivity index (χ1v) is 7.77. The first-order chi connectivity index (χ1) is 9.81. The van der Waals surface area contributed by atoms with E-state index in [1.165, 1.54) is 10.4 Å². The predicted molar refractivity (Wildman–Crippen MR) is 86.6 cm³/mol. The third kappa shape index (κ3) is 4.22. The van der Waals surface area contributed by atoms with Crippen molar-refractivity contribution in [2.24, 2.45) is 0 Å². The minimum absolute atomic E-state index is 0.377. The molecular weight excluding hydrogens is 266 g/mol. The van der Waals surface area contributed by atoms with E-state index in [1.807, 2.05) is 24.3 Å². The van der Waals surface area contributed by atoms with Crippen LogP contribution >= 0.6 is 11.3 Å². The summed E-state index contributed by atoms with van der Waals surface area (Å²) in [6, 6.07) is 12.7. The van der Waals surface area contributed by atoms with Crippen molar-refractivity contribution in [1.29, 1.82) is 0 Å². The summed E-state index contributed by atoms with van der Waals surface area (Å²) >= 11 is 1.78. The van der Waals surface area contributed by atoms with Crippen LogP contribution in [0.4, 0.5) is 0 Å². The monoisotopic (exact) mass is 287 g/mol. The van der Waals surface area contributed by atoms with E-state index in [2.05, 4.69) is 42.4 Å². The number of allylic oxidation sites excluding steroid dienone is 1. The summed E-state index contributed by atoms with van der Waals surface area (Å²) in [6.07, 6.45) is 2.74. The summed E-state index contributed by atoms with van der Waals surface area (Å²) in [5, 5.41) is 5.58. The lowest BCUT2D eigenvalue weighted by Gasteiger charge is -2.14. The molecule has 106 valence electrons. The number of nitrogens with one attached hydrogen (secondary N) is 1. The van der Waals surface area contributed by atoms with E-state index < -0.39 is 0 Å². The van der Waals surface area contributed by atoms with Crippen LogP contribution in [-0.4, -0.2) is 13.2 Å². The Labute approximate surface area is 125 Å². The number of para-hydroxylation sites is 1. The van der Waals surface area contributed by atoms with Gasteiger partial charge in [-0.25, -0.2) is 0 Å². The standard InChI is InChI=1S/C17H21NOS/c1-3-7-15-8-4-5-9-16(15)19-12-11-18-14(2)17-10-6-13-20-17/h3-6,8-10,13-14,18H,1,7,11-12H2,2H3. The molecule has 0 saturated heterocycles. The Balaban J connectivity index is 1.77. The van der Waals surface area contributed by atoms with Crippen LogP contribution in [0.15, 0.2) is 54.4 Å². The summed E-state index contributed by atoms with van der Waals surface area (Å²) < 4.78 is 5.85. The van der Waals surface area contributed by atoms with Crippen LogP contribution in [0.5, 0.6) is 5.75 Å². The molecule has 0 bridgehead atoms. The van der Waals surface area contributed by atoms with Gasteiger partial charge in [0.15, 0.2) is 0 Å². The fraction of sp³-hybridized carbons (Fsp3) is 0.294. The molecule has 2 rings (SSSR count). The quantitative estimate of drug-likeness (QED) is 0.580. The Morgan fingerprint density at radius 1 is 1.30 bits per heavy atom. The van der Waals surface area contributed by atoms with Crippen molar-refractivity contribution < 1.29 is 4.74 Å². The molecule has 20 heavy (non-hydrogen) atoms. The van der Waals surface area contributed by atoms with Crippen molar-refractivity contribution in [3.63, 3.8) is 0 Å². The minimum atomic E-state index is 0.377. The van der Waals surface area contributed by atoms with Gasteiger partial charge in [0.05, 0.1) is 0 Å². The van der Waals surface area contributed by atoms with Crippen LogP contribution in [-0.2, 0) is 6.42 Å². The third-order valence-electron chi connectivity index (χ3n) is 3.12. The van der Waals surface area contributed by atoms with Gasteiger partial charge in [-0.2, -0.15) is 0 Å². The normalized spacial score (nSPS) is 12.1. The maximum Gasteiger partial charge on any atom is 0.122 e. The lowest BCUT2D eigenvalue weighted by atomic mass is 10.1. The summed E-state index contributed by atoms with van der Waals surface area (Å²) in [7, 11) is 0. The molecule has 0 aliphatic carbocycles. The van der Waals surface area contributed by atoms with Crippen LogP contribution in [0, 0.1) is 0 Å². The summed E-state index contributed by atoms with van der Waals surface area (Å²) in [5.41, 5.74) is 1.19. The second kappa shape index (κ2) is 7.88. The van der Waals surface area contributed by atoms with Gasteiger partial charge < -0.3 is 10.1 Å². The number of ether oxygens (including phenoxy) is 1. The maximum absolute atomic E-state index is 5.85. The van der Waals surface area contributed by atoms with Gasteiger partial charge in [-0.3, -0.25) is 0 Å². The van der Waals surface area contributed by atoms with Gasteiger partial charge in [0.25, 0.3) is 0 Å². The topological polar surface area (TPSA) is 21.3 Å². The Morgan fingerprint density at radius 3 is 2.90 bits per heavy atom. The van der Waals surface area contributed by atoms with Crippen LogP contribution in [0.1, 0.15) is 23.4 Å². The van der Waals surface area contributed by atoms with Crippen molar-refractivity contribution in [3.8, 4) is 5.75 Å². The number of thiophene rings is 1. The van der Waals surface area contributed by atoms with Gasteiger partial charge in [0.2, 0.25) is 0 Å². The van der Waals surface area contributed by atoms with Crippen LogP contribution < -0.4 is 10.1 Å². The molecule has 1 heterocycles. The highest BCUT2D eigenvalue weighted by molar-refractivity contribution is 7.10. The fourth-order valence-electron chi connectivity index (χ4n) is 2.04. The summed E-state index contributed by atoms with van der Waals surface area (Å²) in [5.74, 6) is 0.956. The maximum atomic E-state index is 5.85. The molecule has 0 saturated carbocycles. The van der Waals surface area contributed by atoms with Crippen molar-refractivity contribution in [1.82, 2.24) is 5.32 Å². The average Bonchev–Trinajstić information content (AvgIpc) is 2.99. The summed E-state index contributed by atoms with van der Waals surface area (Å²) in [4.78, 5) is 1.36. The zero-order valence-corrected chi connectivity index (χ0v) is 12.7. The van der Waals surface area contributed by atoms with E-state index >= 15 is 0 Å². The van der Waals surface area contributed by atoms with Crippen LogP contribution in [0.2, 0.25) is 0 Å². The van der Waals surface area contributed by atoms with E-state index in [0.717, 1.165) is 18.7 Å². The molecule has 3 heteroatoms. The molecule has 1 N–H and O–H groups in total. The first-order valence-electron chi connectivity index (χ1n) is 6.89. The average molecular weight is 287 g/mol. The van der Waals surface area contributed by atoms with Crippen LogP contribution in [0.3, 0.4) is 0 Å². The zero-order valence-electron chi connectivity index (χ0n) is 11.8. The van der Waals surface area contributed by atoms with Gasteiger partial charge in [0, 0.05) is 17.5 Å². The smallest absolute Gasteiger partial charge is 0.122 e. The van der Waals surface area contributed by atoms with E-state index in [-0.39, 0.29) is 0 Å². The van der Waals surface area contributed by atoms with Crippen molar-refractivity contribution in [3.05, 3.63) is 64.9 Å². The summed E-state index contributed by atoms with van der Waals surface area (Å²) in [6.45, 7) is 7.46. The number of rotatable bonds is 8. The van der Waals surface area contributed by atoms with Crippen LogP contribution in [0.25, 0.3) is 0 Å². The van der Waals surface area contributed by atoms with Crippen molar-refractivity contribution in [2.75, 3.05) is 13.2 Å².